The number of amides is 1. The number of nitrogens with zero attached hydrogens (tertiary/aromatic N) is 2. The molecule has 2 aromatic rings. The van der Waals surface area contributed by atoms with E-state index in [2.05, 4.69) is 15.5 Å². The maximum atomic E-state index is 11.6. The highest BCUT2D eigenvalue weighted by Gasteiger charge is 2.02. The second-order valence-electron chi connectivity index (χ2n) is 4.05. The standard InChI is InChI=1S/C15H15N3O2/c1-12(14-9-5-6-10-16-14)17-18-15(19)11-20-13-7-3-2-4-8-13/h2-10H,11H2,1H3,(H,18,19). The van der Waals surface area contributed by atoms with E-state index in [9.17, 15) is 4.79 Å². The van der Waals surface area contributed by atoms with E-state index in [0.29, 0.717) is 11.5 Å². The smallest absolute Gasteiger partial charge is 0.277 e. The Hall–Kier alpha value is -2.69. The number of carbonyl (C=O) groups excluding carboxylic acids is 1. The Kier molecular flexibility index (Phi) is 4.83. The van der Waals surface area contributed by atoms with Crippen LogP contribution in [0.4, 0.5) is 0 Å². The van der Waals surface area contributed by atoms with Crippen LogP contribution in [0.15, 0.2) is 59.8 Å². The summed E-state index contributed by atoms with van der Waals surface area (Å²) in [6.07, 6.45) is 1.68. The van der Waals surface area contributed by atoms with Gasteiger partial charge in [-0.1, -0.05) is 24.3 Å². The van der Waals surface area contributed by atoms with E-state index in [1.165, 1.54) is 0 Å². The Morgan fingerprint density at radius 1 is 1.20 bits per heavy atom. The summed E-state index contributed by atoms with van der Waals surface area (Å²) in [5.41, 5.74) is 3.79. The van der Waals surface area contributed by atoms with Gasteiger partial charge in [0.1, 0.15) is 5.75 Å². The molecule has 5 nitrogen and oxygen atoms in total. The number of para-hydroxylation sites is 1. The number of carbonyl (C=O) groups is 1. The molecule has 0 atom stereocenters. The summed E-state index contributed by atoms with van der Waals surface area (Å²) < 4.78 is 5.31. The predicted octanol–water partition coefficient (Wildman–Crippen LogP) is 2.00. The number of ether oxygens (including phenoxy) is 1. The molecule has 1 heterocycles. The van der Waals surface area contributed by atoms with Crippen LogP contribution in [0.2, 0.25) is 0 Å². The fourth-order valence-corrected chi connectivity index (χ4v) is 1.48. The lowest BCUT2D eigenvalue weighted by Gasteiger charge is -2.05. The molecule has 0 saturated carbocycles. The van der Waals surface area contributed by atoms with Crippen molar-refractivity contribution in [1.29, 1.82) is 0 Å². The van der Waals surface area contributed by atoms with Crippen LogP contribution in [0, 0.1) is 0 Å². The molecule has 0 unspecified atom stereocenters. The van der Waals surface area contributed by atoms with Gasteiger partial charge < -0.3 is 4.74 Å². The fraction of sp³-hybridized carbons (Fsp3) is 0.133. The third-order valence-corrected chi connectivity index (χ3v) is 2.50. The first-order valence-electron chi connectivity index (χ1n) is 6.18. The Labute approximate surface area is 117 Å². The minimum absolute atomic E-state index is 0.0803. The van der Waals surface area contributed by atoms with Gasteiger partial charge in [-0.15, -0.1) is 0 Å². The van der Waals surface area contributed by atoms with Crippen molar-refractivity contribution >= 4 is 11.6 Å². The number of pyridine rings is 1. The van der Waals surface area contributed by atoms with E-state index in [1.807, 2.05) is 36.4 Å². The van der Waals surface area contributed by atoms with Crippen LogP contribution in [-0.4, -0.2) is 23.2 Å². The molecule has 1 N–H and O–H groups in total. The van der Waals surface area contributed by atoms with Gasteiger partial charge in [0.2, 0.25) is 0 Å². The highest BCUT2D eigenvalue weighted by molar-refractivity contribution is 5.97. The van der Waals surface area contributed by atoms with Crippen LogP contribution in [0.25, 0.3) is 0 Å². The van der Waals surface area contributed by atoms with Crippen molar-refractivity contribution in [3.05, 3.63) is 60.4 Å². The summed E-state index contributed by atoms with van der Waals surface area (Å²) in [6, 6.07) is 14.7. The number of aromatic nitrogens is 1. The Morgan fingerprint density at radius 2 is 1.95 bits per heavy atom. The van der Waals surface area contributed by atoms with Crippen molar-refractivity contribution in [3.8, 4) is 5.75 Å². The Bertz CT molecular complexity index is 583. The Morgan fingerprint density at radius 3 is 2.65 bits per heavy atom. The lowest BCUT2D eigenvalue weighted by Crippen LogP contribution is -2.25. The molecule has 0 radical (unpaired) electrons. The van der Waals surface area contributed by atoms with Crippen LogP contribution < -0.4 is 10.2 Å². The zero-order valence-corrected chi connectivity index (χ0v) is 11.1. The first kappa shape index (κ1) is 13.7. The van der Waals surface area contributed by atoms with Gasteiger partial charge in [-0.05, 0) is 31.2 Å². The van der Waals surface area contributed by atoms with Crippen molar-refractivity contribution in [2.24, 2.45) is 5.10 Å². The molecule has 102 valence electrons. The first-order valence-corrected chi connectivity index (χ1v) is 6.18. The molecule has 0 fully saturated rings. The predicted molar refractivity (Wildman–Crippen MR) is 76.5 cm³/mol. The highest BCUT2D eigenvalue weighted by atomic mass is 16.5. The Balaban J connectivity index is 1.83. The third kappa shape index (κ3) is 4.20. The molecule has 1 aromatic heterocycles. The van der Waals surface area contributed by atoms with E-state index >= 15 is 0 Å². The molecule has 0 aliphatic rings. The molecule has 2 rings (SSSR count). The maximum absolute atomic E-state index is 11.6. The molecule has 0 bridgehead atoms. The van der Waals surface area contributed by atoms with Crippen LogP contribution >= 0.6 is 0 Å². The van der Waals surface area contributed by atoms with Crippen molar-refractivity contribution < 1.29 is 9.53 Å². The van der Waals surface area contributed by atoms with E-state index in [1.54, 1.807) is 25.3 Å². The fourth-order valence-electron chi connectivity index (χ4n) is 1.48. The third-order valence-electron chi connectivity index (χ3n) is 2.50. The van der Waals surface area contributed by atoms with Crippen molar-refractivity contribution in [2.75, 3.05) is 6.61 Å². The van der Waals surface area contributed by atoms with Gasteiger partial charge in [-0.3, -0.25) is 9.78 Å². The van der Waals surface area contributed by atoms with Crippen LogP contribution in [0.5, 0.6) is 5.75 Å². The lowest BCUT2D eigenvalue weighted by molar-refractivity contribution is -0.123. The highest BCUT2D eigenvalue weighted by Crippen LogP contribution is 2.07. The molecular weight excluding hydrogens is 254 g/mol. The average Bonchev–Trinajstić information content (AvgIpc) is 2.52. The molecule has 0 aliphatic heterocycles. The second-order valence-corrected chi connectivity index (χ2v) is 4.05. The van der Waals surface area contributed by atoms with Crippen LogP contribution in [0.3, 0.4) is 0 Å². The summed E-state index contributed by atoms with van der Waals surface area (Å²) >= 11 is 0. The first-order chi connectivity index (χ1) is 9.75. The quantitative estimate of drug-likeness (QED) is 0.667. The number of hydrogen-bond donors (Lipinski definition) is 1. The van der Waals surface area contributed by atoms with Gasteiger partial charge in [-0.25, -0.2) is 5.43 Å². The lowest BCUT2D eigenvalue weighted by atomic mass is 10.3. The summed E-state index contributed by atoms with van der Waals surface area (Å²) in [6.45, 7) is 1.70. The van der Waals surface area contributed by atoms with Crippen LogP contribution in [-0.2, 0) is 4.79 Å². The molecule has 5 heteroatoms. The molecule has 20 heavy (non-hydrogen) atoms. The molecule has 1 amide bonds. The van der Waals surface area contributed by atoms with Crippen molar-refractivity contribution in [1.82, 2.24) is 10.4 Å². The number of hydrogen-bond acceptors (Lipinski definition) is 4. The van der Waals surface area contributed by atoms with E-state index in [-0.39, 0.29) is 12.5 Å². The average molecular weight is 269 g/mol. The number of rotatable bonds is 5. The minimum Gasteiger partial charge on any atom is -0.484 e. The van der Waals surface area contributed by atoms with Gasteiger partial charge in [0, 0.05) is 6.20 Å². The molecule has 0 aliphatic carbocycles. The second kappa shape index (κ2) is 7.04. The van der Waals surface area contributed by atoms with Crippen molar-refractivity contribution in [3.63, 3.8) is 0 Å². The molecule has 1 aromatic carbocycles. The van der Waals surface area contributed by atoms with Crippen molar-refractivity contribution in [2.45, 2.75) is 6.92 Å². The molecule has 0 saturated heterocycles. The summed E-state index contributed by atoms with van der Waals surface area (Å²) in [7, 11) is 0. The number of benzene rings is 1. The van der Waals surface area contributed by atoms with Gasteiger partial charge >= 0.3 is 0 Å². The van der Waals surface area contributed by atoms with E-state index in [0.717, 1.165) is 5.69 Å². The normalized spacial score (nSPS) is 10.9. The summed E-state index contributed by atoms with van der Waals surface area (Å²) in [5.74, 6) is 0.331. The maximum Gasteiger partial charge on any atom is 0.277 e. The van der Waals surface area contributed by atoms with E-state index < -0.39 is 0 Å². The zero-order chi connectivity index (χ0) is 14.2. The summed E-state index contributed by atoms with van der Waals surface area (Å²) in [4.78, 5) is 15.7. The van der Waals surface area contributed by atoms with Gasteiger partial charge in [0.25, 0.3) is 5.91 Å². The molecular formula is C15H15N3O2. The van der Waals surface area contributed by atoms with Gasteiger partial charge in [0.15, 0.2) is 6.61 Å². The number of nitrogens with one attached hydrogen (secondary N) is 1. The zero-order valence-electron chi connectivity index (χ0n) is 11.1. The van der Waals surface area contributed by atoms with Gasteiger partial charge in [0.05, 0.1) is 11.4 Å². The van der Waals surface area contributed by atoms with Gasteiger partial charge in [-0.2, -0.15) is 5.10 Å². The summed E-state index contributed by atoms with van der Waals surface area (Å²) in [5, 5.41) is 3.98. The SMILES string of the molecule is CC(=NNC(=O)COc1ccccc1)c1ccccn1. The largest absolute Gasteiger partial charge is 0.484 e. The number of hydrazone groups is 1. The minimum atomic E-state index is -0.316. The van der Waals surface area contributed by atoms with E-state index in [4.69, 9.17) is 4.74 Å². The van der Waals surface area contributed by atoms with Crippen LogP contribution in [0.1, 0.15) is 12.6 Å². The monoisotopic (exact) mass is 269 g/mol. The molecule has 0 spiro atoms. The topological polar surface area (TPSA) is 63.6 Å².